The fourth-order valence-corrected chi connectivity index (χ4v) is 9.15. The van der Waals surface area contributed by atoms with Crippen molar-refractivity contribution in [2.75, 3.05) is 34.0 Å². The first-order chi connectivity index (χ1) is 28.3. The third kappa shape index (κ3) is 9.88. The molecule has 1 amide bonds. The fraction of sp³-hybridized carbons (Fsp3) is 0.510. The average Bonchev–Trinajstić information content (AvgIpc) is 3.21. The summed E-state index contributed by atoms with van der Waals surface area (Å²) in [6.45, 7) is 14.6. The van der Waals surface area contributed by atoms with Gasteiger partial charge in [0.2, 0.25) is 11.7 Å². The number of ether oxygens (including phenoxy) is 4. The molecule has 1 fully saturated rings. The highest BCUT2D eigenvalue weighted by atomic mass is 16.7. The number of aryl methyl sites for hydroxylation is 2. The van der Waals surface area contributed by atoms with E-state index in [-0.39, 0.29) is 49.9 Å². The van der Waals surface area contributed by atoms with Crippen molar-refractivity contribution in [2.24, 2.45) is 22.9 Å². The lowest BCUT2D eigenvalue weighted by molar-refractivity contribution is -0.255. The highest BCUT2D eigenvalue weighted by Crippen LogP contribution is 2.62. The number of allylic oxidation sites excluding steroid dienone is 1. The Balaban J connectivity index is 1.56. The Morgan fingerprint density at radius 2 is 1.69 bits per heavy atom. The van der Waals surface area contributed by atoms with Crippen molar-refractivity contribution in [3.63, 3.8) is 0 Å². The molecule has 318 valence electrons. The van der Waals surface area contributed by atoms with Crippen molar-refractivity contribution in [3.8, 4) is 23.0 Å². The summed E-state index contributed by atoms with van der Waals surface area (Å²) in [6, 6.07) is 19.1. The van der Waals surface area contributed by atoms with E-state index in [9.17, 15) is 15.0 Å². The van der Waals surface area contributed by atoms with Gasteiger partial charge in [-0.25, -0.2) is 0 Å². The number of likely N-dealkylation sites (N-methyl/N-ethyl adjacent to an activating group) is 1. The Hall–Kier alpha value is -4.64. The molecule has 1 aliphatic heterocycles. The Morgan fingerprint density at radius 3 is 2.39 bits per heavy atom. The van der Waals surface area contributed by atoms with E-state index in [4.69, 9.17) is 28.9 Å². The van der Waals surface area contributed by atoms with E-state index < -0.39 is 23.3 Å². The number of methoxy groups -OCH3 is 1. The van der Waals surface area contributed by atoms with Crippen LogP contribution in [0.1, 0.15) is 93.9 Å². The topological polar surface area (TPSA) is 119 Å². The fourth-order valence-electron chi connectivity index (χ4n) is 9.15. The Morgan fingerprint density at radius 1 is 0.966 bits per heavy atom. The molecule has 0 bridgehead atoms. The summed E-state index contributed by atoms with van der Waals surface area (Å²) in [5, 5.41) is 24.7. The number of hydrogen-bond donors (Lipinski definition) is 2. The molecule has 0 aromatic heterocycles. The Bertz CT molecular complexity index is 2000. The van der Waals surface area contributed by atoms with Crippen LogP contribution in [0, 0.1) is 31.6 Å². The van der Waals surface area contributed by atoms with Gasteiger partial charge in [-0.1, -0.05) is 48.3 Å². The van der Waals surface area contributed by atoms with E-state index in [1.807, 2.05) is 70.3 Å². The lowest BCUT2D eigenvalue weighted by atomic mass is 9.55. The summed E-state index contributed by atoms with van der Waals surface area (Å²) in [4.78, 5) is 22.5. The van der Waals surface area contributed by atoms with Crippen molar-refractivity contribution < 1.29 is 38.8 Å². The van der Waals surface area contributed by atoms with E-state index in [1.54, 1.807) is 18.1 Å². The zero-order chi connectivity index (χ0) is 42.3. The van der Waals surface area contributed by atoms with Crippen LogP contribution in [0.2, 0.25) is 0 Å². The van der Waals surface area contributed by atoms with Gasteiger partial charge in [0.15, 0.2) is 0 Å². The van der Waals surface area contributed by atoms with Crippen LogP contribution in [0.3, 0.4) is 0 Å². The predicted molar refractivity (Wildman–Crippen MR) is 231 cm³/mol. The number of rotatable bonds is 18. The standard InChI is InChI=1S/C49H64N2O8/c1-9-25-56-49-44(51(7)45(54)28-34-15-14-17-36(27-34)55-8)31-42(50-59-48(4,5)6)40-29-35(16-10-12-23-52)39(18-11-13-24-53)46(47(40)49)41-30-38(21-22-43(41)58-49)57-37-20-19-32(2)33(3)26-37/h9,14-15,17,19-22,26-27,29-30,35,39,44,46-47,52-53H,1,10-13,16,18,23-25,28,31H2,2-8H3/t35-,39+,44-,46+,47+,49+/m0/s1. The monoisotopic (exact) mass is 808 g/mol. The third-order valence-electron chi connectivity index (χ3n) is 12.1. The van der Waals surface area contributed by atoms with Crippen LogP contribution >= 0.6 is 0 Å². The van der Waals surface area contributed by atoms with Crippen LogP contribution in [-0.4, -0.2) is 78.1 Å². The van der Waals surface area contributed by atoms with Gasteiger partial charge in [0.1, 0.15) is 34.6 Å². The normalized spacial score (nSPS) is 24.0. The summed E-state index contributed by atoms with van der Waals surface area (Å²) in [5.74, 6) is 1.02. The maximum atomic E-state index is 14.5. The first-order valence-electron chi connectivity index (χ1n) is 21.2. The maximum absolute atomic E-state index is 14.5. The summed E-state index contributed by atoms with van der Waals surface area (Å²) in [7, 11) is 3.45. The molecule has 1 saturated carbocycles. The molecule has 59 heavy (non-hydrogen) atoms. The highest BCUT2D eigenvalue weighted by Gasteiger charge is 2.65. The largest absolute Gasteiger partial charge is 0.497 e. The number of hydrogen-bond acceptors (Lipinski definition) is 9. The Labute approximate surface area is 350 Å². The number of unbranched alkanes of at least 4 members (excludes halogenated alkanes) is 2. The van der Waals surface area contributed by atoms with Crippen LogP contribution in [-0.2, 0) is 20.8 Å². The van der Waals surface area contributed by atoms with Gasteiger partial charge >= 0.3 is 0 Å². The van der Waals surface area contributed by atoms with Crippen molar-refractivity contribution in [3.05, 3.63) is 107 Å². The summed E-state index contributed by atoms with van der Waals surface area (Å²) in [6.07, 6.45) is 9.33. The summed E-state index contributed by atoms with van der Waals surface area (Å²) in [5.41, 5.74) is 5.36. The molecule has 0 saturated heterocycles. The number of carbonyl (C=O) groups excluding carboxylic acids is 1. The summed E-state index contributed by atoms with van der Waals surface area (Å²) >= 11 is 0. The molecule has 10 heteroatoms. The molecule has 0 radical (unpaired) electrons. The summed E-state index contributed by atoms with van der Waals surface area (Å²) < 4.78 is 26.4. The second-order valence-corrected chi connectivity index (χ2v) is 17.4. The van der Waals surface area contributed by atoms with E-state index in [2.05, 4.69) is 44.7 Å². The number of oxime groups is 1. The minimum atomic E-state index is -1.33. The van der Waals surface area contributed by atoms with Crippen molar-refractivity contribution in [1.82, 2.24) is 4.90 Å². The molecule has 1 heterocycles. The average molecular weight is 809 g/mol. The van der Waals surface area contributed by atoms with Crippen molar-refractivity contribution >= 4 is 11.6 Å². The van der Waals surface area contributed by atoms with Gasteiger partial charge in [0.05, 0.1) is 31.8 Å². The SMILES string of the molecule is C=CCO[C@@]12Oc3ccc(Oc4ccc(C)c(C)c4)cc3[C@H]3[C@H](CCCCO)[C@@H](CCCCO)C=C(C(=NOC(C)(C)C)C[C@@H]1N(C)C(=O)Cc1cccc(OC)c1)[C@H]32. The van der Waals surface area contributed by atoms with Gasteiger partial charge in [-0.2, -0.15) is 0 Å². The predicted octanol–water partition coefficient (Wildman–Crippen LogP) is 9.24. The number of carbonyl (C=O) groups is 1. The molecule has 6 rings (SSSR count). The maximum Gasteiger partial charge on any atom is 0.239 e. The van der Waals surface area contributed by atoms with E-state index in [1.165, 1.54) is 5.56 Å². The number of aliphatic hydroxyl groups excluding tert-OH is 2. The number of nitrogens with zero attached hydrogens (tertiary/aromatic N) is 2. The van der Waals surface area contributed by atoms with Crippen LogP contribution in [0.4, 0.5) is 0 Å². The van der Waals surface area contributed by atoms with E-state index in [0.717, 1.165) is 59.4 Å². The molecule has 0 unspecified atom stereocenters. The second kappa shape index (κ2) is 19.2. The smallest absolute Gasteiger partial charge is 0.239 e. The van der Waals surface area contributed by atoms with E-state index in [0.29, 0.717) is 36.5 Å². The van der Waals surface area contributed by atoms with Crippen LogP contribution in [0.15, 0.2) is 90.1 Å². The Kier molecular flexibility index (Phi) is 14.3. The first kappa shape index (κ1) is 43.9. The number of benzene rings is 3. The van der Waals surface area contributed by atoms with Gasteiger partial charge in [-0.3, -0.25) is 4.79 Å². The molecule has 2 N–H and O–H groups in total. The van der Waals surface area contributed by atoms with Crippen LogP contribution < -0.4 is 14.2 Å². The van der Waals surface area contributed by atoms with Crippen LogP contribution in [0.5, 0.6) is 23.0 Å². The third-order valence-corrected chi connectivity index (χ3v) is 12.1. The highest BCUT2D eigenvalue weighted by molar-refractivity contribution is 6.03. The lowest BCUT2D eigenvalue weighted by Gasteiger charge is -2.59. The van der Waals surface area contributed by atoms with Gasteiger partial charge in [0.25, 0.3) is 0 Å². The zero-order valence-corrected chi connectivity index (χ0v) is 36.0. The molecule has 3 aromatic rings. The first-order valence-corrected chi connectivity index (χ1v) is 21.2. The molecule has 3 aliphatic rings. The van der Waals surface area contributed by atoms with E-state index >= 15 is 0 Å². The molecule has 2 aliphatic carbocycles. The van der Waals surface area contributed by atoms with Crippen molar-refractivity contribution in [2.45, 2.75) is 109 Å². The van der Waals surface area contributed by atoms with Gasteiger partial charge in [0, 0.05) is 38.2 Å². The molecule has 0 spiro atoms. The molecular formula is C49H64N2O8. The second-order valence-electron chi connectivity index (χ2n) is 17.4. The van der Waals surface area contributed by atoms with Crippen LogP contribution in [0.25, 0.3) is 0 Å². The zero-order valence-electron chi connectivity index (χ0n) is 36.0. The lowest BCUT2D eigenvalue weighted by Crippen LogP contribution is -2.69. The molecule has 6 atom stereocenters. The number of amides is 1. The van der Waals surface area contributed by atoms with Gasteiger partial charge in [-0.15, -0.1) is 6.58 Å². The molecule has 3 aromatic carbocycles. The van der Waals surface area contributed by atoms with Gasteiger partial charge < -0.3 is 38.9 Å². The molecule has 10 nitrogen and oxygen atoms in total. The minimum absolute atomic E-state index is 0.0987. The van der Waals surface area contributed by atoms with Gasteiger partial charge in [-0.05, 0) is 137 Å². The van der Waals surface area contributed by atoms with Crippen molar-refractivity contribution in [1.29, 1.82) is 0 Å². The minimum Gasteiger partial charge on any atom is -0.497 e. The number of fused-ring (bicyclic) bond motifs is 2. The number of aliphatic hydroxyl groups is 2. The molecular weight excluding hydrogens is 745 g/mol. The quantitative estimate of drug-likeness (QED) is 0.0742.